The molecule has 0 aliphatic heterocycles. The Morgan fingerprint density at radius 1 is 1.32 bits per heavy atom. The van der Waals surface area contributed by atoms with Crippen molar-refractivity contribution >= 4 is 57.6 Å². The van der Waals surface area contributed by atoms with Crippen LogP contribution in [0.5, 0.6) is 0 Å². The number of nitrogens with one attached hydrogen (secondary N) is 3. The van der Waals surface area contributed by atoms with Crippen molar-refractivity contribution in [3.05, 3.63) is 44.8 Å². The van der Waals surface area contributed by atoms with Crippen molar-refractivity contribution in [2.75, 3.05) is 5.43 Å². The van der Waals surface area contributed by atoms with Gasteiger partial charge in [-0.3, -0.25) is 15.8 Å². The highest BCUT2D eigenvalue weighted by molar-refractivity contribution is 7.80. The number of pyridine rings is 1. The minimum absolute atomic E-state index is 0.418. The lowest BCUT2D eigenvalue weighted by Crippen LogP contribution is -2.38. The zero-order valence-electron chi connectivity index (χ0n) is 9.61. The van der Waals surface area contributed by atoms with Crippen LogP contribution in [0, 0.1) is 0 Å². The number of hydrogen-bond donors (Lipinski definition) is 3. The van der Waals surface area contributed by atoms with E-state index < -0.39 is 0 Å². The maximum Gasteiger partial charge on any atom is 0.185 e. The largest absolute Gasteiger partial charge is 0.356 e. The zero-order valence-corrected chi connectivity index (χ0v) is 12.8. The maximum absolute atomic E-state index is 5.96. The molecule has 0 aliphatic carbocycles. The smallest absolute Gasteiger partial charge is 0.185 e. The predicted octanol–water partition coefficient (Wildman–Crippen LogP) is 3.44. The SMILES string of the molecule is S=C(NCc1cccs1)NNc1c(Cl)cncc1Cl. The molecule has 2 rings (SSSR count). The maximum atomic E-state index is 5.96. The van der Waals surface area contributed by atoms with E-state index in [1.807, 2.05) is 17.5 Å². The Bertz CT molecular complexity index is 540. The number of halogens is 2. The zero-order chi connectivity index (χ0) is 13.7. The van der Waals surface area contributed by atoms with Crippen molar-refractivity contribution in [3.63, 3.8) is 0 Å². The van der Waals surface area contributed by atoms with Crippen LogP contribution in [-0.2, 0) is 6.54 Å². The molecule has 4 nitrogen and oxygen atoms in total. The quantitative estimate of drug-likeness (QED) is 0.591. The van der Waals surface area contributed by atoms with Gasteiger partial charge in [-0.1, -0.05) is 29.3 Å². The van der Waals surface area contributed by atoms with Gasteiger partial charge in [0.05, 0.1) is 22.3 Å². The fraction of sp³-hybridized carbons (Fsp3) is 0.0909. The number of hydrogen-bond acceptors (Lipinski definition) is 4. The van der Waals surface area contributed by atoms with E-state index in [1.54, 1.807) is 11.3 Å². The van der Waals surface area contributed by atoms with E-state index in [0.29, 0.717) is 27.4 Å². The van der Waals surface area contributed by atoms with Gasteiger partial charge in [-0.05, 0) is 23.7 Å². The molecule has 2 heterocycles. The average Bonchev–Trinajstić information content (AvgIpc) is 2.89. The van der Waals surface area contributed by atoms with Gasteiger partial charge in [0.1, 0.15) is 0 Å². The summed E-state index contributed by atoms with van der Waals surface area (Å²) in [5.41, 5.74) is 6.22. The fourth-order valence-electron chi connectivity index (χ4n) is 1.27. The molecule has 0 unspecified atom stereocenters. The minimum atomic E-state index is 0.418. The number of hydrazine groups is 1. The van der Waals surface area contributed by atoms with Crippen molar-refractivity contribution in [1.29, 1.82) is 0 Å². The van der Waals surface area contributed by atoms with Crippen LogP contribution in [0.25, 0.3) is 0 Å². The summed E-state index contributed by atoms with van der Waals surface area (Å²) in [4.78, 5) is 5.06. The Labute approximate surface area is 130 Å². The molecular weight excluding hydrogens is 323 g/mol. The van der Waals surface area contributed by atoms with E-state index in [-0.39, 0.29) is 0 Å². The second-order valence-corrected chi connectivity index (χ2v) is 5.75. The van der Waals surface area contributed by atoms with Crippen molar-refractivity contribution in [2.45, 2.75) is 6.54 Å². The minimum Gasteiger partial charge on any atom is -0.356 e. The molecule has 3 N–H and O–H groups in total. The monoisotopic (exact) mass is 332 g/mol. The molecule has 8 heteroatoms. The third-order valence-electron chi connectivity index (χ3n) is 2.16. The first-order chi connectivity index (χ1) is 9.16. The summed E-state index contributed by atoms with van der Waals surface area (Å²) in [5, 5.41) is 6.37. The van der Waals surface area contributed by atoms with Crippen LogP contribution in [0.2, 0.25) is 10.0 Å². The molecule has 2 aromatic rings. The van der Waals surface area contributed by atoms with Crippen molar-refractivity contribution in [2.24, 2.45) is 0 Å². The number of thiocarbonyl (C=S) groups is 1. The summed E-state index contributed by atoms with van der Waals surface area (Å²) in [7, 11) is 0. The summed E-state index contributed by atoms with van der Waals surface area (Å²) in [5.74, 6) is 0. The molecule has 19 heavy (non-hydrogen) atoms. The Morgan fingerprint density at radius 3 is 2.68 bits per heavy atom. The van der Waals surface area contributed by atoms with Crippen LogP contribution >= 0.6 is 46.8 Å². The number of anilines is 1. The third-order valence-corrected chi connectivity index (χ3v) is 3.85. The van der Waals surface area contributed by atoms with E-state index in [2.05, 4.69) is 21.2 Å². The summed E-state index contributed by atoms with van der Waals surface area (Å²) >= 11 is 18.7. The van der Waals surface area contributed by atoms with Crippen LogP contribution in [0.1, 0.15) is 4.88 Å². The molecule has 0 aliphatic rings. The summed E-state index contributed by atoms with van der Waals surface area (Å²) in [6.07, 6.45) is 3.00. The Balaban J connectivity index is 1.83. The first-order valence-electron chi connectivity index (χ1n) is 5.28. The molecule has 0 spiro atoms. The topological polar surface area (TPSA) is 49.0 Å². The number of rotatable bonds is 4. The molecule has 2 aromatic heterocycles. The van der Waals surface area contributed by atoms with E-state index >= 15 is 0 Å². The lowest BCUT2D eigenvalue weighted by atomic mass is 10.4. The Hall–Kier alpha value is -1.08. The van der Waals surface area contributed by atoms with Gasteiger partial charge in [-0.2, -0.15) is 0 Å². The first kappa shape index (κ1) is 14.3. The molecule has 0 fully saturated rings. The molecular formula is C11H10Cl2N4S2. The fourth-order valence-corrected chi connectivity index (χ4v) is 2.50. The van der Waals surface area contributed by atoms with Crippen LogP contribution < -0.4 is 16.2 Å². The summed E-state index contributed by atoms with van der Waals surface area (Å²) < 4.78 is 0. The number of aromatic nitrogens is 1. The van der Waals surface area contributed by atoms with Crippen molar-refractivity contribution in [1.82, 2.24) is 15.7 Å². The van der Waals surface area contributed by atoms with E-state index in [4.69, 9.17) is 35.4 Å². The van der Waals surface area contributed by atoms with Crippen LogP contribution in [0.3, 0.4) is 0 Å². The van der Waals surface area contributed by atoms with Crippen LogP contribution in [0.15, 0.2) is 29.9 Å². The van der Waals surface area contributed by atoms with E-state index in [1.165, 1.54) is 17.3 Å². The van der Waals surface area contributed by atoms with Crippen LogP contribution in [0.4, 0.5) is 5.69 Å². The van der Waals surface area contributed by atoms with Gasteiger partial charge in [0, 0.05) is 17.3 Å². The van der Waals surface area contributed by atoms with Gasteiger partial charge in [-0.25, -0.2) is 0 Å². The van der Waals surface area contributed by atoms with Crippen LogP contribution in [-0.4, -0.2) is 10.1 Å². The average molecular weight is 333 g/mol. The van der Waals surface area contributed by atoms with Crippen molar-refractivity contribution < 1.29 is 0 Å². The lowest BCUT2D eigenvalue weighted by Gasteiger charge is -2.13. The van der Waals surface area contributed by atoms with E-state index in [9.17, 15) is 0 Å². The second-order valence-electron chi connectivity index (χ2n) is 3.49. The molecule has 100 valence electrons. The Kier molecular flexibility index (Phi) is 5.21. The highest BCUT2D eigenvalue weighted by Gasteiger charge is 2.05. The van der Waals surface area contributed by atoms with Gasteiger partial charge in [0.2, 0.25) is 0 Å². The first-order valence-corrected chi connectivity index (χ1v) is 7.32. The van der Waals surface area contributed by atoms with Gasteiger partial charge in [-0.15, -0.1) is 11.3 Å². The highest BCUT2D eigenvalue weighted by atomic mass is 35.5. The molecule has 0 aromatic carbocycles. The molecule has 0 atom stereocenters. The van der Waals surface area contributed by atoms with Gasteiger partial charge in [0.25, 0.3) is 0 Å². The van der Waals surface area contributed by atoms with Gasteiger partial charge < -0.3 is 5.32 Å². The summed E-state index contributed by atoms with van der Waals surface area (Å²) in [6, 6.07) is 4.03. The van der Waals surface area contributed by atoms with Gasteiger partial charge >= 0.3 is 0 Å². The molecule has 0 bridgehead atoms. The van der Waals surface area contributed by atoms with Crippen molar-refractivity contribution in [3.8, 4) is 0 Å². The van der Waals surface area contributed by atoms with Gasteiger partial charge in [0.15, 0.2) is 5.11 Å². The third kappa shape index (κ3) is 4.21. The number of nitrogens with zero attached hydrogens (tertiary/aromatic N) is 1. The summed E-state index contributed by atoms with van der Waals surface area (Å²) in [6.45, 7) is 0.670. The molecule has 0 amide bonds. The van der Waals surface area contributed by atoms with E-state index in [0.717, 1.165) is 0 Å². The standard InChI is InChI=1S/C11H10Cl2N4S2/c12-8-5-14-6-9(13)10(8)16-17-11(18)15-4-7-2-1-3-19-7/h1-3,5-6H,4H2,(H,14,16)(H2,15,17,18). The Morgan fingerprint density at radius 2 is 2.05 bits per heavy atom. The molecule has 0 radical (unpaired) electrons. The molecule has 0 saturated carbocycles. The lowest BCUT2D eigenvalue weighted by molar-refractivity contribution is 0.901. The highest BCUT2D eigenvalue weighted by Crippen LogP contribution is 2.27. The predicted molar refractivity (Wildman–Crippen MR) is 84.8 cm³/mol. The normalized spacial score (nSPS) is 10.0. The number of thiophene rings is 1. The molecule has 0 saturated heterocycles. The second kappa shape index (κ2) is 6.91.